The average molecular weight is 371 g/mol. The first-order chi connectivity index (χ1) is 13.2. The minimum atomic E-state index is -0.353. The van der Waals surface area contributed by atoms with Crippen LogP contribution in [0.4, 0.5) is 5.69 Å². The highest BCUT2D eigenvalue weighted by Crippen LogP contribution is 2.12. The van der Waals surface area contributed by atoms with E-state index in [1.54, 1.807) is 29.2 Å². The predicted molar refractivity (Wildman–Crippen MR) is 101 cm³/mol. The van der Waals surface area contributed by atoms with Crippen LogP contribution in [0.25, 0.3) is 0 Å². The van der Waals surface area contributed by atoms with E-state index < -0.39 is 0 Å². The quantitative estimate of drug-likeness (QED) is 0.327. The Balaban J connectivity index is 1.90. The molecule has 1 heterocycles. The molecule has 1 N–H and O–H groups in total. The van der Waals surface area contributed by atoms with Crippen LogP contribution in [-0.4, -0.2) is 49.7 Å². The van der Waals surface area contributed by atoms with Crippen LogP contribution in [0.2, 0.25) is 0 Å². The summed E-state index contributed by atoms with van der Waals surface area (Å²) in [6, 6.07) is 8.62. The van der Waals surface area contributed by atoms with Crippen molar-refractivity contribution < 1.29 is 19.1 Å². The standard InChI is InChI=1S/C20H25N3O4/c1-2-3-4-11-27-20(25)16-5-7-18(8-6-16)22-15-17(14-21)19(24)23-9-12-26-13-10-23/h5-8,15,22H,2-4,9-13H2,1H3/b17-15-. The van der Waals surface area contributed by atoms with Gasteiger partial charge in [-0.25, -0.2) is 4.79 Å². The highest BCUT2D eigenvalue weighted by atomic mass is 16.5. The van der Waals surface area contributed by atoms with Crippen LogP contribution in [0.5, 0.6) is 0 Å². The Morgan fingerprint density at radius 3 is 2.59 bits per heavy atom. The average Bonchev–Trinajstić information content (AvgIpc) is 2.72. The molecule has 1 aromatic rings. The smallest absolute Gasteiger partial charge is 0.338 e. The summed E-state index contributed by atoms with van der Waals surface area (Å²) in [6.45, 7) is 4.43. The number of carbonyl (C=O) groups is 2. The highest BCUT2D eigenvalue weighted by molar-refractivity contribution is 5.97. The number of unbranched alkanes of at least 4 members (excludes halogenated alkanes) is 2. The molecule has 0 spiro atoms. The second-order valence-corrected chi connectivity index (χ2v) is 6.14. The number of ether oxygens (including phenoxy) is 2. The normalized spacial score (nSPS) is 14.4. The van der Waals surface area contributed by atoms with Gasteiger partial charge in [0.1, 0.15) is 11.6 Å². The number of amides is 1. The number of nitrogens with one attached hydrogen (secondary N) is 1. The van der Waals surface area contributed by atoms with Crippen molar-refractivity contribution in [3.8, 4) is 6.07 Å². The Labute approximate surface area is 159 Å². The van der Waals surface area contributed by atoms with Gasteiger partial charge in [-0.2, -0.15) is 5.26 Å². The van der Waals surface area contributed by atoms with Gasteiger partial charge in [0, 0.05) is 25.0 Å². The number of carbonyl (C=O) groups excluding carboxylic acids is 2. The van der Waals surface area contributed by atoms with Crippen LogP contribution in [0, 0.1) is 11.3 Å². The van der Waals surface area contributed by atoms with Crippen LogP contribution in [0.3, 0.4) is 0 Å². The first-order valence-electron chi connectivity index (χ1n) is 9.16. The van der Waals surface area contributed by atoms with Crippen LogP contribution in [0.1, 0.15) is 36.5 Å². The third kappa shape index (κ3) is 6.42. The third-order valence-corrected chi connectivity index (χ3v) is 4.13. The maximum Gasteiger partial charge on any atom is 0.338 e. The largest absolute Gasteiger partial charge is 0.462 e. The molecule has 0 aromatic heterocycles. The minimum Gasteiger partial charge on any atom is -0.462 e. The van der Waals surface area contributed by atoms with Gasteiger partial charge in [0.25, 0.3) is 5.91 Å². The fourth-order valence-corrected chi connectivity index (χ4v) is 2.54. The molecule has 0 saturated carbocycles. The Kier molecular flexibility index (Phi) is 8.33. The second-order valence-electron chi connectivity index (χ2n) is 6.14. The first kappa shape index (κ1) is 20.5. The molecule has 7 nitrogen and oxygen atoms in total. The van der Waals surface area contributed by atoms with E-state index in [0.29, 0.717) is 44.2 Å². The molecule has 0 atom stereocenters. The number of esters is 1. The van der Waals surface area contributed by atoms with Crippen molar-refractivity contribution in [2.24, 2.45) is 0 Å². The van der Waals surface area contributed by atoms with Gasteiger partial charge >= 0.3 is 5.97 Å². The lowest BCUT2D eigenvalue weighted by Gasteiger charge is -2.26. The maximum atomic E-state index is 12.3. The van der Waals surface area contributed by atoms with Crippen molar-refractivity contribution in [2.45, 2.75) is 26.2 Å². The molecule has 0 unspecified atom stereocenters. The van der Waals surface area contributed by atoms with Crippen molar-refractivity contribution in [1.29, 1.82) is 5.26 Å². The number of nitrogens with zero attached hydrogens (tertiary/aromatic N) is 2. The zero-order chi connectivity index (χ0) is 19.5. The number of anilines is 1. The number of nitriles is 1. The molecule has 2 rings (SSSR count). The van der Waals surface area contributed by atoms with Crippen LogP contribution in [0.15, 0.2) is 36.0 Å². The summed E-state index contributed by atoms with van der Waals surface area (Å²) in [6.07, 6.45) is 4.35. The van der Waals surface area contributed by atoms with Gasteiger partial charge in [-0.15, -0.1) is 0 Å². The van der Waals surface area contributed by atoms with Crippen molar-refractivity contribution in [3.05, 3.63) is 41.6 Å². The van der Waals surface area contributed by atoms with E-state index in [0.717, 1.165) is 19.3 Å². The number of rotatable bonds is 8. The molecule has 1 fully saturated rings. The lowest BCUT2D eigenvalue weighted by atomic mass is 10.2. The van der Waals surface area contributed by atoms with E-state index in [2.05, 4.69) is 12.2 Å². The van der Waals surface area contributed by atoms with Gasteiger partial charge in [0.15, 0.2) is 0 Å². The fourth-order valence-electron chi connectivity index (χ4n) is 2.54. The zero-order valence-corrected chi connectivity index (χ0v) is 15.6. The highest BCUT2D eigenvalue weighted by Gasteiger charge is 2.20. The molecule has 0 bridgehead atoms. The third-order valence-electron chi connectivity index (χ3n) is 4.13. The monoisotopic (exact) mass is 371 g/mol. The Morgan fingerprint density at radius 2 is 1.96 bits per heavy atom. The molecular formula is C20H25N3O4. The molecule has 7 heteroatoms. The van der Waals surface area contributed by atoms with Crippen LogP contribution < -0.4 is 5.32 Å². The molecule has 0 aliphatic carbocycles. The molecule has 1 amide bonds. The predicted octanol–water partition coefficient (Wildman–Crippen LogP) is 2.71. The van der Waals surface area contributed by atoms with Gasteiger partial charge in [-0.3, -0.25) is 4.79 Å². The van der Waals surface area contributed by atoms with Gasteiger partial charge in [-0.05, 0) is 30.7 Å². The molecule has 0 radical (unpaired) electrons. The number of hydrogen-bond acceptors (Lipinski definition) is 6. The van der Waals surface area contributed by atoms with Crippen molar-refractivity contribution in [3.63, 3.8) is 0 Å². The zero-order valence-electron chi connectivity index (χ0n) is 15.6. The summed E-state index contributed by atoms with van der Waals surface area (Å²) in [7, 11) is 0. The molecule has 1 aromatic carbocycles. The van der Waals surface area contributed by atoms with Gasteiger partial charge < -0.3 is 19.7 Å². The molecule has 1 aliphatic rings. The summed E-state index contributed by atoms with van der Waals surface area (Å²) in [5, 5.41) is 12.2. The summed E-state index contributed by atoms with van der Waals surface area (Å²) >= 11 is 0. The lowest BCUT2D eigenvalue weighted by molar-refractivity contribution is -0.130. The lowest BCUT2D eigenvalue weighted by Crippen LogP contribution is -2.41. The Morgan fingerprint density at radius 1 is 1.26 bits per heavy atom. The number of morpholine rings is 1. The van der Waals surface area contributed by atoms with Crippen molar-refractivity contribution in [2.75, 3.05) is 38.2 Å². The first-order valence-corrected chi connectivity index (χ1v) is 9.16. The fraction of sp³-hybridized carbons (Fsp3) is 0.450. The summed E-state index contributed by atoms with van der Waals surface area (Å²) in [5.74, 6) is -0.672. The van der Waals surface area contributed by atoms with E-state index in [9.17, 15) is 14.9 Å². The summed E-state index contributed by atoms with van der Waals surface area (Å²) in [4.78, 5) is 25.9. The topological polar surface area (TPSA) is 91.7 Å². The second kappa shape index (κ2) is 11.0. The number of benzene rings is 1. The van der Waals surface area contributed by atoms with Crippen molar-refractivity contribution in [1.82, 2.24) is 4.90 Å². The summed E-state index contributed by atoms with van der Waals surface area (Å²) < 4.78 is 10.4. The van der Waals surface area contributed by atoms with Gasteiger partial charge in [0.2, 0.25) is 0 Å². The molecule has 1 aliphatic heterocycles. The van der Waals surface area contributed by atoms with Crippen LogP contribution in [-0.2, 0) is 14.3 Å². The molecule has 144 valence electrons. The SMILES string of the molecule is CCCCCOC(=O)c1ccc(N/C=C(/C#N)C(=O)N2CCOCC2)cc1. The minimum absolute atomic E-state index is 0.0244. The van der Waals surface area contributed by atoms with E-state index in [1.165, 1.54) is 6.20 Å². The summed E-state index contributed by atoms with van der Waals surface area (Å²) in [5.41, 5.74) is 1.15. The van der Waals surface area contributed by atoms with E-state index >= 15 is 0 Å². The molecule has 27 heavy (non-hydrogen) atoms. The van der Waals surface area contributed by atoms with E-state index in [4.69, 9.17) is 9.47 Å². The Bertz CT molecular complexity index is 701. The number of hydrogen-bond donors (Lipinski definition) is 1. The Hall–Kier alpha value is -2.85. The molecule has 1 saturated heterocycles. The van der Waals surface area contributed by atoms with E-state index in [1.807, 2.05) is 6.07 Å². The van der Waals surface area contributed by atoms with Crippen molar-refractivity contribution >= 4 is 17.6 Å². The van der Waals surface area contributed by atoms with Gasteiger partial charge in [-0.1, -0.05) is 19.8 Å². The molecular weight excluding hydrogens is 346 g/mol. The maximum absolute atomic E-state index is 12.3. The van der Waals surface area contributed by atoms with E-state index in [-0.39, 0.29) is 17.4 Å². The van der Waals surface area contributed by atoms with Gasteiger partial charge in [0.05, 0.1) is 25.4 Å². The van der Waals surface area contributed by atoms with Crippen LogP contribution >= 0.6 is 0 Å².